The number of ether oxygens (including phenoxy) is 1. The molecule has 9 nitrogen and oxygen atoms in total. The molecule has 36 heavy (non-hydrogen) atoms. The lowest BCUT2D eigenvalue weighted by Crippen LogP contribution is -2.37. The first-order valence-corrected chi connectivity index (χ1v) is 12.6. The first kappa shape index (κ1) is 27.2. The van der Waals surface area contributed by atoms with Crippen molar-refractivity contribution in [3.05, 3.63) is 45.4 Å². The average Bonchev–Trinajstić information content (AvgIpc) is 3.35. The van der Waals surface area contributed by atoms with Gasteiger partial charge in [0.25, 0.3) is 0 Å². The minimum atomic E-state index is -0.509. The van der Waals surface area contributed by atoms with Crippen molar-refractivity contribution >= 4 is 41.3 Å². The highest BCUT2D eigenvalue weighted by molar-refractivity contribution is 7.12. The molecule has 1 amide bonds. The van der Waals surface area contributed by atoms with E-state index in [9.17, 15) is 14.4 Å². The highest BCUT2D eigenvalue weighted by Crippen LogP contribution is 2.22. The number of aliphatic imine (C=N–C) groups is 1. The summed E-state index contributed by atoms with van der Waals surface area (Å²) in [6.07, 6.45) is 3.97. The van der Waals surface area contributed by atoms with Gasteiger partial charge in [-0.3, -0.25) is 14.5 Å². The van der Waals surface area contributed by atoms with Gasteiger partial charge in [-0.15, -0.1) is 11.3 Å². The molecule has 1 aromatic heterocycles. The number of aromatic nitrogens is 1. The summed E-state index contributed by atoms with van der Waals surface area (Å²) in [4.78, 5) is 49.3. The Kier molecular flexibility index (Phi) is 10.3. The van der Waals surface area contributed by atoms with Gasteiger partial charge in [-0.1, -0.05) is 12.0 Å². The van der Waals surface area contributed by atoms with Crippen LogP contribution in [0.25, 0.3) is 0 Å². The summed E-state index contributed by atoms with van der Waals surface area (Å²) in [5.74, 6) is 6.55. The molecule has 190 valence electrons. The number of amidine groups is 1. The van der Waals surface area contributed by atoms with Crippen LogP contribution in [0.2, 0.25) is 0 Å². The Labute approximate surface area is 215 Å². The van der Waals surface area contributed by atoms with E-state index in [1.165, 1.54) is 0 Å². The third-order valence-electron chi connectivity index (χ3n) is 5.94. The number of nitrogens with one attached hydrogen (secondary N) is 1. The number of carbonyl (C=O) groups excluding carboxylic acids is 3. The summed E-state index contributed by atoms with van der Waals surface area (Å²) in [7, 11) is 3.30. The molecule has 1 aromatic carbocycles. The molecule has 0 saturated carbocycles. The molecule has 1 N–H and O–H groups in total. The number of nitrogens with zero attached hydrogens (tertiary/aromatic N) is 4. The smallest absolute Gasteiger partial charge is 0.219 e. The van der Waals surface area contributed by atoms with Crippen LogP contribution in [-0.2, 0) is 20.9 Å². The molecule has 2 heterocycles. The lowest BCUT2D eigenvalue weighted by Gasteiger charge is -2.25. The molecule has 1 aliphatic rings. The molecule has 10 heteroatoms. The van der Waals surface area contributed by atoms with E-state index in [4.69, 9.17) is 4.74 Å². The lowest BCUT2D eigenvalue weighted by molar-refractivity contribution is -0.121. The van der Waals surface area contributed by atoms with Crippen LogP contribution in [0.5, 0.6) is 0 Å². The largest absolute Gasteiger partial charge is 0.379 e. The van der Waals surface area contributed by atoms with Gasteiger partial charge >= 0.3 is 0 Å². The maximum absolute atomic E-state index is 12.0. The van der Waals surface area contributed by atoms with Crippen LogP contribution in [0.15, 0.2) is 29.4 Å². The topological polar surface area (TPSA) is 104 Å². The highest BCUT2D eigenvalue weighted by Gasteiger charge is 2.17. The van der Waals surface area contributed by atoms with Crippen LogP contribution in [0, 0.1) is 11.8 Å². The van der Waals surface area contributed by atoms with Gasteiger partial charge in [0.1, 0.15) is 12.1 Å². The Hall–Kier alpha value is -3.39. The number of amides is 1. The van der Waals surface area contributed by atoms with Crippen LogP contribution >= 0.6 is 11.3 Å². The van der Waals surface area contributed by atoms with Crippen molar-refractivity contribution in [1.82, 2.24) is 20.1 Å². The summed E-state index contributed by atoms with van der Waals surface area (Å²) in [5, 5.41) is 3.24. The Bertz CT molecular complexity index is 1160. The molecule has 1 atom stereocenters. The third-order valence-corrected chi connectivity index (χ3v) is 6.83. The van der Waals surface area contributed by atoms with Gasteiger partial charge in [0.05, 0.1) is 30.5 Å². The van der Waals surface area contributed by atoms with Gasteiger partial charge in [0.15, 0.2) is 11.3 Å². The number of hydrogen-bond donors (Lipinski definition) is 1. The number of benzene rings is 1. The molecule has 0 spiro atoms. The minimum Gasteiger partial charge on any atom is -0.379 e. The summed E-state index contributed by atoms with van der Waals surface area (Å²) >= 11 is 1.54. The molecule has 3 rings (SSSR count). The first-order chi connectivity index (χ1) is 17.4. The fourth-order valence-corrected chi connectivity index (χ4v) is 4.48. The van der Waals surface area contributed by atoms with Crippen LogP contribution < -0.4 is 5.32 Å². The van der Waals surface area contributed by atoms with E-state index in [-0.39, 0.29) is 12.3 Å². The number of aldehydes is 2. The Morgan fingerprint density at radius 1 is 1.33 bits per heavy atom. The molecule has 0 aliphatic carbocycles. The van der Waals surface area contributed by atoms with E-state index in [0.29, 0.717) is 34.1 Å². The van der Waals surface area contributed by atoms with Gasteiger partial charge in [-0.05, 0) is 31.4 Å². The van der Waals surface area contributed by atoms with Crippen LogP contribution in [0.4, 0.5) is 5.69 Å². The van der Waals surface area contributed by atoms with E-state index < -0.39 is 6.04 Å². The molecule has 2 aromatic rings. The standard InChI is InChI=1S/C26H31N5O4S/c1-19(30(3)21(17-32)8-9-25(34)27-2)29-24-6-4-5-20(23(24)18-33)7-10-26-28-15-22(36-26)16-31-11-13-35-14-12-31/h4-6,15,17-18,21H,8-9,11-14,16H2,1-3H3,(H,27,34). The van der Waals surface area contributed by atoms with Crippen LogP contribution in [0.1, 0.15) is 45.6 Å². The van der Waals surface area contributed by atoms with Crippen molar-refractivity contribution in [2.24, 2.45) is 4.99 Å². The maximum atomic E-state index is 12.0. The minimum absolute atomic E-state index is 0.132. The van der Waals surface area contributed by atoms with Crippen molar-refractivity contribution < 1.29 is 19.1 Å². The number of carbonyl (C=O) groups is 3. The zero-order valence-corrected chi connectivity index (χ0v) is 21.6. The SMILES string of the molecule is CNC(=O)CCC(C=O)N(C)C(C)=Nc1cccc(C#Cc2ncc(CN3CCOCC3)s2)c1C=O. The van der Waals surface area contributed by atoms with E-state index >= 15 is 0 Å². The maximum Gasteiger partial charge on any atom is 0.219 e. The fourth-order valence-electron chi connectivity index (χ4n) is 3.67. The third kappa shape index (κ3) is 7.55. The van der Waals surface area contributed by atoms with Crippen molar-refractivity contribution in [2.75, 3.05) is 40.4 Å². The van der Waals surface area contributed by atoms with Crippen LogP contribution in [-0.4, -0.2) is 85.5 Å². The van der Waals surface area contributed by atoms with E-state index in [0.717, 1.165) is 50.3 Å². The number of likely N-dealkylation sites (N-methyl/N-ethyl adjacent to an activating group) is 1. The zero-order valence-electron chi connectivity index (χ0n) is 20.8. The summed E-state index contributed by atoms with van der Waals surface area (Å²) in [5.41, 5.74) is 1.39. The second-order valence-electron chi connectivity index (χ2n) is 8.31. The van der Waals surface area contributed by atoms with Crippen molar-refractivity contribution in [3.63, 3.8) is 0 Å². The molecule has 1 fully saturated rings. The molecular formula is C26H31N5O4S. The highest BCUT2D eigenvalue weighted by atomic mass is 32.1. The molecule has 0 radical (unpaired) electrons. The van der Waals surface area contributed by atoms with Crippen molar-refractivity contribution in [1.29, 1.82) is 0 Å². The zero-order chi connectivity index (χ0) is 25.9. The molecule has 1 unspecified atom stereocenters. The molecular weight excluding hydrogens is 478 g/mol. The van der Waals surface area contributed by atoms with Gasteiger partial charge in [0, 0.05) is 56.8 Å². The first-order valence-electron chi connectivity index (χ1n) is 11.7. The molecule has 0 bridgehead atoms. The van der Waals surface area contributed by atoms with E-state index in [1.54, 1.807) is 55.5 Å². The number of morpholine rings is 1. The van der Waals surface area contributed by atoms with E-state index in [1.807, 2.05) is 6.20 Å². The lowest BCUT2D eigenvalue weighted by atomic mass is 10.1. The fraction of sp³-hybridized carbons (Fsp3) is 0.423. The van der Waals surface area contributed by atoms with Gasteiger partial charge < -0.3 is 19.7 Å². The quantitative estimate of drug-likeness (QED) is 0.239. The van der Waals surface area contributed by atoms with E-state index in [2.05, 4.69) is 32.0 Å². The number of rotatable bonds is 9. The summed E-state index contributed by atoms with van der Waals surface area (Å²) in [6, 6.07) is 4.79. The predicted molar refractivity (Wildman–Crippen MR) is 140 cm³/mol. The van der Waals surface area contributed by atoms with Gasteiger partial charge in [-0.25, -0.2) is 9.98 Å². The molecule has 1 saturated heterocycles. The molecule has 1 aliphatic heterocycles. The predicted octanol–water partition coefficient (Wildman–Crippen LogP) is 2.26. The Morgan fingerprint density at radius 2 is 2.11 bits per heavy atom. The monoisotopic (exact) mass is 509 g/mol. The Balaban J connectivity index is 1.75. The van der Waals surface area contributed by atoms with Crippen LogP contribution in [0.3, 0.4) is 0 Å². The van der Waals surface area contributed by atoms with Crippen molar-refractivity contribution in [2.45, 2.75) is 32.4 Å². The van der Waals surface area contributed by atoms with Crippen molar-refractivity contribution in [3.8, 4) is 11.8 Å². The number of hydrogen-bond acceptors (Lipinski definition) is 8. The average molecular weight is 510 g/mol. The van der Waals surface area contributed by atoms with Gasteiger partial charge in [0.2, 0.25) is 5.91 Å². The Morgan fingerprint density at radius 3 is 2.81 bits per heavy atom. The summed E-state index contributed by atoms with van der Waals surface area (Å²) in [6.45, 7) is 5.90. The van der Waals surface area contributed by atoms with Gasteiger partial charge in [-0.2, -0.15) is 0 Å². The second kappa shape index (κ2) is 13.6. The normalized spacial score (nSPS) is 14.9. The summed E-state index contributed by atoms with van der Waals surface area (Å²) < 4.78 is 5.39. The second-order valence-corrected chi connectivity index (χ2v) is 9.43. The number of thiazole rings is 1.